The van der Waals surface area contributed by atoms with Crippen molar-refractivity contribution in [3.05, 3.63) is 48.6 Å². The molecule has 0 aromatic carbocycles. The molecule has 0 rings (SSSR count). The maximum Gasteiger partial charge on any atom is 0.472 e. The molecule has 0 aliphatic heterocycles. The Morgan fingerprint density at radius 3 is 1.15 bits per heavy atom. The van der Waals surface area contributed by atoms with Crippen molar-refractivity contribution in [2.45, 2.75) is 302 Å². The van der Waals surface area contributed by atoms with Crippen molar-refractivity contribution in [1.82, 2.24) is 0 Å². The second-order valence-corrected chi connectivity index (χ2v) is 23.9. The third-order valence-electron chi connectivity index (χ3n) is 13.9. The average molecular weight is 1060 g/mol. The predicted molar refractivity (Wildman–Crippen MR) is 317 cm³/mol. The van der Waals surface area contributed by atoms with Crippen molar-refractivity contribution < 1.29 is 42.1 Å². The summed E-state index contributed by atoms with van der Waals surface area (Å²) in [6.07, 6.45) is 70.9. The summed E-state index contributed by atoms with van der Waals surface area (Å²) in [5.41, 5.74) is 0. The Bertz CT molecular complexity index is 1390. The van der Waals surface area contributed by atoms with Crippen LogP contribution in [-0.4, -0.2) is 74.9 Å². The van der Waals surface area contributed by atoms with Crippen LogP contribution in [0, 0.1) is 0 Å². The first-order valence-electron chi connectivity index (χ1n) is 31.4. The molecule has 2 atom stereocenters. The van der Waals surface area contributed by atoms with Gasteiger partial charge in [-0.15, -0.1) is 0 Å². The Hall–Kier alpha value is -2.03. The van der Waals surface area contributed by atoms with E-state index in [1.54, 1.807) is 0 Å². The van der Waals surface area contributed by atoms with Gasteiger partial charge in [-0.05, 0) is 51.4 Å². The minimum Gasteiger partial charge on any atom is -0.462 e. The lowest BCUT2D eigenvalue weighted by Crippen LogP contribution is -2.37. The molecular weight excluding hydrogens is 942 g/mol. The van der Waals surface area contributed by atoms with E-state index in [9.17, 15) is 19.0 Å². The maximum absolute atomic E-state index is 12.7. The molecule has 0 aliphatic rings. The average Bonchev–Trinajstić information content (AvgIpc) is 3.36. The monoisotopic (exact) mass is 1060 g/mol. The second-order valence-electron chi connectivity index (χ2n) is 22.4. The second kappa shape index (κ2) is 55.7. The van der Waals surface area contributed by atoms with Gasteiger partial charge in [0.1, 0.15) is 19.8 Å². The molecule has 0 aromatic heterocycles. The number of esters is 2. The predicted octanol–water partition coefficient (Wildman–Crippen LogP) is 19.7. The van der Waals surface area contributed by atoms with Gasteiger partial charge < -0.3 is 18.9 Å². The molecule has 0 bridgehead atoms. The molecule has 0 heterocycles. The van der Waals surface area contributed by atoms with Crippen LogP contribution in [0.1, 0.15) is 296 Å². The third kappa shape index (κ3) is 59.2. The van der Waals surface area contributed by atoms with Crippen molar-refractivity contribution in [2.24, 2.45) is 0 Å². The highest BCUT2D eigenvalue weighted by Crippen LogP contribution is 2.43. The fraction of sp³-hybridized carbons (Fsp3) is 0.844. The number of likely N-dealkylation sites (N-methyl/N-ethyl adjacent to an activating group) is 1. The number of ether oxygens (including phenoxy) is 2. The Morgan fingerprint density at radius 2 is 0.770 bits per heavy atom. The zero-order valence-corrected chi connectivity index (χ0v) is 50.2. The zero-order chi connectivity index (χ0) is 54.2. The molecule has 0 spiro atoms. The fourth-order valence-electron chi connectivity index (χ4n) is 9.07. The highest BCUT2D eigenvalue weighted by Gasteiger charge is 2.27. The number of quaternary nitrogens is 1. The lowest BCUT2D eigenvalue weighted by molar-refractivity contribution is -0.870. The Kier molecular flexibility index (Phi) is 54.2. The van der Waals surface area contributed by atoms with E-state index in [-0.39, 0.29) is 32.0 Å². The van der Waals surface area contributed by atoms with E-state index in [0.29, 0.717) is 17.4 Å². The summed E-state index contributed by atoms with van der Waals surface area (Å²) < 4.78 is 34.5. The van der Waals surface area contributed by atoms with Gasteiger partial charge in [-0.2, -0.15) is 0 Å². The third-order valence-corrected chi connectivity index (χ3v) is 14.9. The van der Waals surface area contributed by atoms with E-state index >= 15 is 0 Å². The van der Waals surface area contributed by atoms with Crippen molar-refractivity contribution in [2.75, 3.05) is 47.5 Å². The van der Waals surface area contributed by atoms with Crippen LogP contribution in [0.15, 0.2) is 48.6 Å². The van der Waals surface area contributed by atoms with Gasteiger partial charge in [0.2, 0.25) is 0 Å². The van der Waals surface area contributed by atoms with E-state index in [1.807, 2.05) is 21.1 Å². The fourth-order valence-corrected chi connectivity index (χ4v) is 9.81. The molecule has 0 aromatic rings. The molecule has 0 saturated carbocycles. The largest absolute Gasteiger partial charge is 0.472 e. The molecular formula is C64H121NO8P+. The Balaban J connectivity index is 3.94. The van der Waals surface area contributed by atoms with Crippen LogP contribution in [0.2, 0.25) is 0 Å². The molecule has 10 heteroatoms. The minimum atomic E-state index is -4.40. The highest BCUT2D eigenvalue weighted by atomic mass is 31.2. The van der Waals surface area contributed by atoms with Crippen molar-refractivity contribution in [3.63, 3.8) is 0 Å². The molecule has 74 heavy (non-hydrogen) atoms. The standard InChI is InChI=1S/C64H120NO8P/c1-6-8-10-12-14-16-18-20-22-23-24-25-26-27-28-29-30-31-32-33-34-35-36-37-38-39-40-41-43-44-46-48-50-52-54-56-63(66)70-60-62(61-72-74(68,69)71-59-58-65(3,4)5)73-64(67)57-55-53-51-49-47-45-42-21-19-17-15-13-11-9-7-2/h9,11,15,17,21,42,47,49,62H,6-8,10,12-14,16,18-20,22-41,43-46,48,50-61H2,1-5H3/p+1/b11-9-,17-15-,42-21-,49-47-. The van der Waals surface area contributed by atoms with Crippen LogP contribution in [0.4, 0.5) is 0 Å². The van der Waals surface area contributed by atoms with Gasteiger partial charge in [-0.3, -0.25) is 18.6 Å². The number of unbranched alkanes of at least 4 members (excludes halogenated alkanes) is 36. The molecule has 2 unspecified atom stereocenters. The first-order chi connectivity index (χ1) is 36.0. The first-order valence-corrected chi connectivity index (χ1v) is 32.9. The Morgan fingerprint density at radius 1 is 0.432 bits per heavy atom. The van der Waals surface area contributed by atoms with Crippen LogP contribution >= 0.6 is 7.82 Å². The summed E-state index contributed by atoms with van der Waals surface area (Å²) in [7, 11) is 1.46. The number of rotatable bonds is 58. The van der Waals surface area contributed by atoms with Crippen molar-refractivity contribution in [1.29, 1.82) is 0 Å². The smallest absolute Gasteiger partial charge is 0.462 e. The van der Waals surface area contributed by atoms with Gasteiger partial charge >= 0.3 is 19.8 Å². The van der Waals surface area contributed by atoms with Gasteiger partial charge in [-0.25, -0.2) is 4.57 Å². The van der Waals surface area contributed by atoms with Crippen LogP contribution in [0.25, 0.3) is 0 Å². The maximum atomic E-state index is 12.7. The summed E-state index contributed by atoms with van der Waals surface area (Å²) in [6.45, 7) is 4.30. The normalized spacial score (nSPS) is 13.5. The topological polar surface area (TPSA) is 108 Å². The van der Waals surface area contributed by atoms with Gasteiger partial charge in [0.25, 0.3) is 0 Å². The minimum absolute atomic E-state index is 0.0236. The number of carbonyl (C=O) groups is 2. The van der Waals surface area contributed by atoms with E-state index in [0.717, 1.165) is 57.8 Å². The van der Waals surface area contributed by atoms with Crippen LogP contribution < -0.4 is 0 Å². The van der Waals surface area contributed by atoms with Crippen LogP contribution in [0.3, 0.4) is 0 Å². The van der Waals surface area contributed by atoms with Crippen LogP contribution in [0.5, 0.6) is 0 Å². The van der Waals surface area contributed by atoms with Crippen LogP contribution in [-0.2, 0) is 32.7 Å². The summed E-state index contributed by atoms with van der Waals surface area (Å²) in [5, 5.41) is 0. The Labute approximate surface area is 458 Å². The number of allylic oxidation sites excluding steroid dienone is 8. The summed E-state index contributed by atoms with van der Waals surface area (Å²) in [5.74, 6) is -0.837. The zero-order valence-electron chi connectivity index (χ0n) is 49.3. The van der Waals surface area contributed by atoms with Gasteiger partial charge in [-0.1, -0.05) is 281 Å². The molecule has 1 N–H and O–H groups in total. The van der Waals surface area contributed by atoms with E-state index in [1.165, 1.54) is 205 Å². The molecule has 9 nitrogen and oxygen atoms in total. The van der Waals surface area contributed by atoms with Crippen molar-refractivity contribution >= 4 is 19.8 Å². The number of hydrogen-bond acceptors (Lipinski definition) is 7. The molecule has 0 fully saturated rings. The number of nitrogens with zero attached hydrogens (tertiary/aromatic N) is 1. The molecule has 0 aliphatic carbocycles. The van der Waals surface area contributed by atoms with E-state index < -0.39 is 26.5 Å². The van der Waals surface area contributed by atoms with E-state index in [2.05, 4.69) is 62.5 Å². The molecule has 0 saturated heterocycles. The summed E-state index contributed by atoms with van der Waals surface area (Å²) in [6, 6.07) is 0. The van der Waals surface area contributed by atoms with Gasteiger partial charge in [0.05, 0.1) is 27.7 Å². The van der Waals surface area contributed by atoms with Gasteiger partial charge in [0.15, 0.2) is 6.10 Å². The number of hydrogen-bond donors (Lipinski definition) is 1. The number of carbonyl (C=O) groups excluding carboxylic acids is 2. The lowest BCUT2D eigenvalue weighted by atomic mass is 10.0. The molecule has 0 radical (unpaired) electrons. The number of phosphoric acid groups is 1. The summed E-state index contributed by atoms with van der Waals surface area (Å²) in [4.78, 5) is 35.6. The number of phosphoric ester groups is 1. The highest BCUT2D eigenvalue weighted by molar-refractivity contribution is 7.47. The quantitative estimate of drug-likeness (QED) is 0.0211. The molecule has 0 amide bonds. The SMILES string of the molecule is CC/C=C\C/C=C\C/C=C\C/C=C\CCCCC(=O)OC(COC(=O)CCCCCCCCCCCCCCCCCCCCCCCCCCCCCCCCCCCCC)COP(=O)(O)OCC[N+](C)(C)C. The summed E-state index contributed by atoms with van der Waals surface area (Å²) >= 11 is 0. The first kappa shape index (κ1) is 72.0. The lowest BCUT2D eigenvalue weighted by Gasteiger charge is -2.24. The molecule has 434 valence electrons. The van der Waals surface area contributed by atoms with Gasteiger partial charge in [0, 0.05) is 12.8 Å². The van der Waals surface area contributed by atoms with E-state index in [4.69, 9.17) is 18.5 Å². The van der Waals surface area contributed by atoms with Crippen molar-refractivity contribution in [3.8, 4) is 0 Å².